The Labute approximate surface area is 144 Å². The first-order valence-corrected chi connectivity index (χ1v) is 7.60. The monoisotopic (exact) mass is 350 g/mol. The molecule has 0 aliphatic rings. The van der Waals surface area contributed by atoms with Crippen molar-refractivity contribution in [3.63, 3.8) is 0 Å². The van der Waals surface area contributed by atoms with Crippen LogP contribution in [0.4, 0.5) is 0 Å². The molecule has 0 spiro atoms. The normalized spacial score (nSPS) is 9.84. The lowest BCUT2D eigenvalue weighted by atomic mass is 10.3. The fraction of sp³-hybridized carbons (Fsp3) is 0.375. The highest BCUT2D eigenvalue weighted by molar-refractivity contribution is 5.76. The largest absolute Gasteiger partial charge is 0.483 e. The molecule has 0 aliphatic carbocycles. The molecule has 136 valence electrons. The maximum Gasteiger partial charge on any atom is 0.290 e. The summed E-state index contributed by atoms with van der Waals surface area (Å²) in [4.78, 5) is 37.9. The van der Waals surface area contributed by atoms with Crippen LogP contribution >= 0.6 is 0 Å². The number of hydrogen-bond donors (Lipinski definition) is 2. The van der Waals surface area contributed by atoms with Gasteiger partial charge in [0.15, 0.2) is 0 Å². The Bertz CT molecular complexity index is 725. The molecule has 0 aromatic carbocycles. The van der Waals surface area contributed by atoms with Gasteiger partial charge in [0.25, 0.3) is 12.0 Å². The molecule has 0 bridgehead atoms. The van der Waals surface area contributed by atoms with E-state index < -0.39 is 0 Å². The zero-order valence-electron chi connectivity index (χ0n) is 14.0. The van der Waals surface area contributed by atoms with E-state index in [0.29, 0.717) is 13.1 Å². The van der Waals surface area contributed by atoms with Crippen LogP contribution in [-0.4, -0.2) is 54.8 Å². The number of imidazole rings is 1. The lowest BCUT2D eigenvalue weighted by Crippen LogP contribution is -2.34. The Morgan fingerprint density at radius 3 is 2.68 bits per heavy atom. The third-order valence-corrected chi connectivity index (χ3v) is 3.46. The second-order valence-electron chi connectivity index (χ2n) is 5.12. The number of amides is 1. The molecule has 0 saturated heterocycles. The molecular weight excluding hydrogens is 328 g/mol. The van der Waals surface area contributed by atoms with Gasteiger partial charge in [-0.1, -0.05) is 6.07 Å². The van der Waals surface area contributed by atoms with Crippen LogP contribution in [0.25, 0.3) is 0 Å². The molecular formula is C16H22N4O5. The van der Waals surface area contributed by atoms with Crippen molar-refractivity contribution in [2.75, 3.05) is 13.2 Å². The van der Waals surface area contributed by atoms with Crippen LogP contribution < -0.4 is 5.56 Å². The summed E-state index contributed by atoms with van der Waals surface area (Å²) < 4.78 is 3.33. The van der Waals surface area contributed by atoms with Crippen molar-refractivity contribution in [3.05, 3.63) is 53.0 Å². The van der Waals surface area contributed by atoms with E-state index in [-0.39, 0.29) is 37.5 Å². The number of aryl methyl sites for hydroxylation is 2. The Morgan fingerprint density at radius 2 is 2.12 bits per heavy atom. The summed E-state index contributed by atoms with van der Waals surface area (Å²) >= 11 is 0. The maximum atomic E-state index is 12.3. The minimum atomic E-state index is -0.250. The second-order valence-corrected chi connectivity index (χ2v) is 5.12. The molecule has 0 atom stereocenters. The highest BCUT2D eigenvalue weighted by Gasteiger charge is 2.15. The summed E-state index contributed by atoms with van der Waals surface area (Å²) in [5.74, 6) is -0.106. The average molecular weight is 350 g/mol. The van der Waals surface area contributed by atoms with Gasteiger partial charge in [-0.25, -0.2) is 4.98 Å². The van der Waals surface area contributed by atoms with E-state index in [2.05, 4.69) is 4.98 Å². The molecule has 2 aromatic rings. The standard InChI is InChI=1S/C15H20N4O3.CH2O2/c1-17-12-16-10-13(17)11-19(8-9-20)15(22)5-7-18-6-3-2-4-14(18)21;2-1-3/h2-4,6,10,12,20H,5,7-9,11H2,1H3;1H,(H,2,3). The molecule has 2 N–H and O–H groups in total. The molecule has 2 heterocycles. The topological polar surface area (TPSA) is 118 Å². The number of carbonyl (C=O) groups excluding carboxylic acids is 1. The van der Waals surface area contributed by atoms with Gasteiger partial charge in [-0.2, -0.15) is 0 Å². The van der Waals surface area contributed by atoms with Gasteiger partial charge < -0.3 is 24.2 Å². The van der Waals surface area contributed by atoms with Gasteiger partial charge in [-0.15, -0.1) is 0 Å². The fourth-order valence-corrected chi connectivity index (χ4v) is 2.16. The van der Waals surface area contributed by atoms with Crippen LogP contribution in [0.5, 0.6) is 0 Å². The van der Waals surface area contributed by atoms with Gasteiger partial charge in [0.05, 0.1) is 25.2 Å². The zero-order valence-corrected chi connectivity index (χ0v) is 14.0. The molecule has 0 aliphatic heterocycles. The Balaban J connectivity index is 0.000000970. The molecule has 2 rings (SSSR count). The van der Waals surface area contributed by atoms with Crippen molar-refractivity contribution in [3.8, 4) is 0 Å². The van der Waals surface area contributed by atoms with Gasteiger partial charge in [-0.3, -0.25) is 14.4 Å². The van der Waals surface area contributed by atoms with Gasteiger partial charge in [0.1, 0.15) is 0 Å². The number of aliphatic hydroxyl groups excluding tert-OH is 1. The van der Waals surface area contributed by atoms with Crippen LogP contribution in [0.1, 0.15) is 12.1 Å². The van der Waals surface area contributed by atoms with E-state index in [1.165, 1.54) is 10.6 Å². The van der Waals surface area contributed by atoms with Crippen LogP contribution in [0.3, 0.4) is 0 Å². The molecule has 9 nitrogen and oxygen atoms in total. The van der Waals surface area contributed by atoms with Crippen LogP contribution in [0, 0.1) is 0 Å². The minimum absolute atomic E-state index is 0.102. The van der Waals surface area contributed by atoms with E-state index in [1.807, 2.05) is 11.6 Å². The number of aliphatic hydroxyl groups is 1. The number of carboxylic acid groups (broad SMARTS) is 1. The molecule has 0 saturated carbocycles. The Kier molecular flexibility index (Phi) is 8.66. The number of aromatic nitrogens is 3. The van der Waals surface area contributed by atoms with Crippen molar-refractivity contribution >= 4 is 12.4 Å². The molecule has 9 heteroatoms. The minimum Gasteiger partial charge on any atom is -0.483 e. The van der Waals surface area contributed by atoms with Crippen LogP contribution in [0.2, 0.25) is 0 Å². The lowest BCUT2D eigenvalue weighted by molar-refractivity contribution is -0.132. The van der Waals surface area contributed by atoms with E-state index in [1.54, 1.807) is 35.8 Å². The predicted octanol–water partition coefficient (Wildman–Crippen LogP) is -0.306. The number of carbonyl (C=O) groups is 2. The van der Waals surface area contributed by atoms with Crippen molar-refractivity contribution in [1.82, 2.24) is 19.0 Å². The summed E-state index contributed by atoms with van der Waals surface area (Å²) in [6.45, 7) is 0.619. The molecule has 2 aromatic heterocycles. The summed E-state index contributed by atoms with van der Waals surface area (Å²) in [6.07, 6.45) is 5.23. The molecule has 0 fully saturated rings. The predicted molar refractivity (Wildman–Crippen MR) is 89.7 cm³/mol. The average Bonchev–Trinajstić information content (AvgIpc) is 2.99. The summed E-state index contributed by atoms with van der Waals surface area (Å²) in [6, 6.07) is 4.89. The molecule has 1 amide bonds. The van der Waals surface area contributed by atoms with Crippen LogP contribution in [-0.2, 0) is 29.7 Å². The van der Waals surface area contributed by atoms with Gasteiger partial charge in [0.2, 0.25) is 5.91 Å². The smallest absolute Gasteiger partial charge is 0.290 e. The van der Waals surface area contributed by atoms with Gasteiger partial charge >= 0.3 is 0 Å². The fourth-order valence-electron chi connectivity index (χ4n) is 2.16. The first-order chi connectivity index (χ1) is 12.0. The van der Waals surface area contributed by atoms with E-state index in [0.717, 1.165) is 5.69 Å². The van der Waals surface area contributed by atoms with Crippen molar-refractivity contribution < 1.29 is 19.8 Å². The quantitative estimate of drug-likeness (QED) is 0.662. The van der Waals surface area contributed by atoms with E-state index in [9.17, 15) is 9.59 Å². The van der Waals surface area contributed by atoms with Crippen molar-refractivity contribution in [2.24, 2.45) is 7.05 Å². The maximum absolute atomic E-state index is 12.3. The summed E-state index contributed by atoms with van der Waals surface area (Å²) in [5.41, 5.74) is 0.759. The van der Waals surface area contributed by atoms with Crippen molar-refractivity contribution in [2.45, 2.75) is 19.5 Å². The Hall–Kier alpha value is -2.94. The first-order valence-electron chi connectivity index (χ1n) is 7.60. The third kappa shape index (κ3) is 6.60. The molecule has 0 unspecified atom stereocenters. The van der Waals surface area contributed by atoms with Crippen molar-refractivity contribution in [1.29, 1.82) is 0 Å². The third-order valence-electron chi connectivity index (χ3n) is 3.46. The second kappa shape index (κ2) is 10.8. The van der Waals surface area contributed by atoms with E-state index in [4.69, 9.17) is 15.0 Å². The number of pyridine rings is 1. The number of hydrogen-bond acceptors (Lipinski definition) is 5. The number of nitrogens with zero attached hydrogens (tertiary/aromatic N) is 4. The van der Waals surface area contributed by atoms with Gasteiger partial charge in [0, 0.05) is 45.0 Å². The highest BCUT2D eigenvalue weighted by Crippen LogP contribution is 2.05. The number of rotatable bonds is 7. The molecule has 0 radical (unpaired) electrons. The zero-order chi connectivity index (χ0) is 18.7. The highest BCUT2D eigenvalue weighted by atomic mass is 16.3. The Morgan fingerprint density at radius 1 is 1.40 bits per heavy atom. The summed E-state index contributed by atoms with van der Waals surface area (Å²) in [7, 11) is 1.85. The molecule has 25 heavy (non-hydrogen) atoms. The van der Waals surface area contributed by atoms with E-state index >= 15 is 0 Å². The first kappa shape index (κ1) is 20.1. The van der Waals surface area contributed by atoms with Crippen LogP contribution in [0.15, 0.2) is 41.7 Å². The lowest BCUT2D eigenvalue weighted by Gasteiger charge is -2.22. The summed E-state index contributed by atoms with van der Waals surface area (Å²) in [5, 5.41) is 16.0. The SMILES string of the molecule is Cn1cncc1CN(CCO)C(=O)CCn1ccccc1=O.O=CO. The van der Waals surface area contributed by atoms with Gasteiger partial charge in [-0.05, 0) is 6.07 Å².